The lowest BCUT2D eigenvalue weighted by molar-refractivity contribution is -0.128. The van der Waals surface area contributed by atoms with Gasteiger partial charge in [-0.1, -0.05) is 37.8 Å². The van der Waals surface area contributed by atoms with Gasteiger partial charge in [0, 0.05) is 47.1 Å². The molecule has 2 aromatic heterocycles. The normalized spacial score (nSPS) is 21.4. The van der Waals surface area contributed by atoms with Crippen LogP contribution in [0.3, 0.4) is 0 Å². The molecule has 340 valence electrons. The van der Waals surface area contributed by atoms with Crippen molar-refractivity contribution in [2.75, 3.05) is 20.2 Å². The van der Waals surface area contributed by atoms with Crippen LogP contribution in [0.15, 0.2) is 46.9 Å². The molecule has 2 aliphatic heterocycles. The number of H-pyrrole nitrogens is 1. The van der Waals surface area contributed by atoms with E-state index in [-0.39, 0.29) is 72.1 Å². The number of furan rings is 1. The lowest BCUT2D eigenvalue weighted by atomic mass is 9.82. The molecule has 7 atom stereocenters. The Morgan fingerprint density at radius 2 is 1.45 bits per heavy atom. The van der Waals surface area contributed by atoms with E-state index in [1.807, 2.05) is 24.3 Å². The van der Waals surface area contributed by atoms with Gasteiger partial charge in [-0.25, -0.2) is 4.39 Å². The van der Waals surface area contributed by atoms with E-state index < -0.39 is 71.4 Å². The first-order valence-electron chi connectivity index (χ1n) is 22.4. The van der Waals surface area contributed by atoms with Crippen molar-refractivity contribution in [1.82, 2.24) is 36.9 Å². The molecule has 2 aliphatic carbocycles. The molecular weight excluding hydrogens is 838 g/mol. The molecule has 18 heteroatoms. The summed E-state index contributed by atoms with van der Waals surface area (Å²) in [5.74, 6) is -4.54. The van der Waals surface area contributed by atoms with E-state index in [0.717, 1.165) is 32.1 Å². The number of hydrogen-bond acceptors (Lipinski definition) is 10. The van der Waals surface area contributed by atoms with Gasteiger partial charge in [-0.05, 0) is 92.7 Å². The topological polar surface area (TPSA) is 260 Å². The van der Waals surface area contributed by atoms with Crippen LogP contribution < -0.4 is 36.6 Å². The van der Waals surface area contributed by atoms with Crippen LogP contribution in [0.5, 0.6) is 5.75 Å². The fourth-order valence-electron chi connectivity index (χ4n) is 9.09. The summed E-state index contributed by atoms with van der Waals surface area (Å²) in [5.41, 5.74) is 1.28. The Kier molecular flexibility index (Phi) is 13.3. The Morgan fingerprint density at radius 3 is 2.08 bits per heavy atom. The summed E-state index contributed by atoms with van der Waals surface area (Å²) in [6, 6.07) is 11.5. The van der Waals surface area contributed by atoms with Gasteiger partial charge in [0.15, 0.2) is 11.5 Å². The molecule has 0 bridgehead atoms. The van der Waals surface area contributed by atoms with Crippen molar-refractivity contribution in [3.8, 4) is 17.9 Å². The third-order valence-electron chi connectivity index (χ3n) is 13.0. The minimum absolute atomic E-state index is 0.0694. The first kappa shape index (κ1) is 44.6. The molecule has 4 heterocycles. The van der Waals surface area contributed by atoms with Crippen LogP contribution >= 0.6 is 0 Å². The largest absolute Gasteiger partial charge is 0.494 e. The first-order valence-corrected chi connectivity index (χ1v) is 22.4. The number of carbonyl (C=O) groups is 6. The zero-order valence-electron chi connectivity index (χ0n) is 36.0. The smallest absolute Gasteiger partial charge is 0.287 e. The summed E-state index contributed by atoms with van der Waals surface area (Å²) in [5, 5.41) is 37.5. The molecule has 0 radical (unpaired) electrons. The number of aromatic amines is 1. The molecular formula is C47H52FN9O8. The van der Waals surface area contributed by atoms with E-state index >= 15 is 4.39 Å². The number of carbonyl (C=O) groups excluding carboxylic acids is 6. The number of hydrogen-bond donors (Lipinski definition) is 7. The van der Waals surface area contributed by atoms with Crippen LogP contribution in [0.4, 0.5) is 4.39 Å². The molecule has 17 nitrogen and oxygen atoms in total. The predicted octanol–water partition coefficient (Wildman–Crippen LogP) is 4.10. The van der Waals surface area contributed by atoms with Crippen LogP contribution in [-0.4, -0.2) is 84.8 Å². The molecule has 4 aliphatic rings. The minimum Gasteiger partial charge on any atom is -0.494 e. The van der Waals surface area contributed by atoms with Crippen molar-refractivity contribution < 1.29 is 42.3 Å². The van der Waals surface area contributed by atoms with Gasteiger partial charge in [-0.15, -0.1) is 0 Å². The number of para-hydroxylation sites is 1. The van der Waals surface area contributed by atoms with E-state index in [4.69, 9.17) is 9.15 Å². The summed E-state index contributed by atoms with van der Waals surface area (Å²) >= 11 is 0. The predicted molar refractivity (Wildman–Crippen MR) is 232 cm³/mol. The number of rotatable bonds is 18. The Hall–Kier alpha value is -6.95. The lowest BCUT2D eigenvalue weighted by Crippen LogP contribution is -2.51. The fraction of sp³-hybridized carbons (Fsp3) is 0.489. The van der Waals surface area contributed by atoms with E-state index in [1.165, 1.54) is 25.3 Å². The number of nitrogens with one attached hydrogen (secondary N) is 7. The third kappa shape index (κ3) is 10.5. The van der Waals surface area contributed by atoms with Gasteiger partial charge < -0.3 is 46.0 Å². The van der Waals surface area contributed by atoms with E-state index in [0.29, 0.717) is 47.8 Å². The van der Waals surface area contributed by atoms with Crippen LogP contribution in [-0.2, 0) is 19.2 Å². The number of fused-ring (bicyclic) bond motifs is 2. The molecule has 0 spiro atoms. The van der Waals surface area contributed by atoms with Crippen molar-refractivity contribution in [2.24, 2.45) is 23.7 Å². The fourth-order valence-corrected chi connectivity index (χ4v) is 9.09. The molecule has 1 unspecified atom stereocenters. The maximum Gasteiger partial charge on any atom is 0.287 e. The van der Waals surface area contributed by atoms with Crippen LogP contribution in [0.1, 0.15) is 103 Å². The number of piperidine rings is 2. The summed E-state index contributed by atoms with van der Waals surface area (Å²) in [6.07, 6.45) is 5.95. The Labute approximate surface area is 373 Å². The van der Waals surface area contributed by atoms with Crippen molar-refractivity contribution in [3.63, 3.8) is 0 Å². The zero-order valence-corrected chi connectivity index (χ0v) is 36.0. The quantitative estimate of drug-likeness (QED) is 0.0753. The van der Waals surface area contributed by atoms with Crippen LogP contribution in [0.25, 0.3) is 21.9 Å². The number of methoxy groups -OCH3 is 1. The second-order valence-electron chi connectivity index (χ2n) is 17.9. The molecule has 2 saturated heterocycles. The molecule has 6 amide bonds. The summed E-state index contributed by atoms with van der Waals surface area (Å²) in [6.45, 7) is 0.669. The maximum atomic E-state index is 15.9. The highest BCUT2D eigenvalue weighted by Gasteiger charge is 2.37. The van der Waals surface area contributed by atoms with Gasteiger partial charge in [-0.3, -0.25) is 28.8 Å². The summed E-state index contributed by atoms with van der Waals surface area (Å²) in [7, 11) is 1.46. The number of nitriles is 2. The monoisotopic (exact) mass is 889 g/mol. The second kappa shape index (κ2) is 19.4. The molecule has 8 rings (SSSR count). The molecule has 2 aromatic carbocycles. The average molecular weight is 890 g/mol. The summed E-state index contributed by atoms with van der Waals surface area (Å²) in [4.78, 5) is 82.8. The van der Waals surface area contributed by atoms with Gasteiger partial charge in [0.2, 0.25) is 23.6 Å². The Morgan fingerprint density at radius 1 is 0.815 bits per heavy atom. The van der Waals surface area contributed by atoms with Crippen molar-refractivity contribution >= 4 is 57.3 Å². The lowest BCUT2D eigenvalue weighted by Gasteiger charge is -2.31. The minimum atomic E-state index is -1.10. The first-order chi connectivity index (χ1) is 31.4. The molecule has 65 heavy (non-hydrogen) atoms. The van der Waals surface area contributed by atoms with Crippen molar-refractivity contribution in [3.05, 3.63) is 65.3 Å². The number of amides is 6. The number of aromatic nitrogens is 1. The Balaban J connectivity index is 0.905. The third-order valence-corrected chi connectivity index (χ3v) is 13.0. The van der Waals surface area contributed by atoms with Gasteiger partial charge in [0.05, 0.1) is 19.2 Å². The molecule has 4 aromatic rings. The maximum absolute atomic E-state index is 15.9. The van der Waals surface area contributed by atoms with Gasteiger partial charge in [-0.2, -0.15) is 10.5 Å². The highest BCUT2D eigenvalue weighted by Crippen LogP contribution is 2.37. The highest BCUT2D eigenvalue weighted by atomic mass is 19.1. The van der Waals surface area contributed by atoms with E-state index in [2.05, 4.69) is 49.0 Å². The van der Waals surface area contributed by atoms with Gasteiger partial charge >= 0.3 is 0 Å². The van der Waals surface area contributed by atoms with Crippen molar-refractivity contribution in [2.45, 2.75) is 101 Å². The van der Waals surface area contributed by atoms with Gasteiger partial charge in [0.1, 0.15) is 41.3 Å². The number of benzene rings is 2. The molecule has 4 fully saturated rings. The number of halogens is 1. The number of ether oxygens (including phenoxy) is 1. The van der Waals surface area contributed by atoms with Crippen LogP contribution in [0, 0.1) is 52.2 Å². The van der Waals surface area contributed by atoms with E-state index in [9.17, 15) is 39.3 Å². The highest BCUT2D eigenvalue weighted by molar-refractivity contribution is 6.05. The SMILES string of the molecule is COc1c(C(=O)N[C@@H](CC2CC2)C(=O)N[C@H](C#N)C[C@@H]2CC(c3cc4oc(C(=O)N[C@@H](CC5CC5)C(=O)N[C@H](C#N)C[C@@H]5CCCNC5=O)cc4cc3F)CNC2=O)[nH]c2ccccc12. The second-order valence-corrected chi connectivity index (χ2v) is 17.9. The van der Waals surface area contributed by atoms with Crippen molar-refractivity contribution in [1.29, 1.82) is 10.5 Å². The average Bonchev–Trinajstić information content (AvgIpc) is 4.23. The standard InChI is InChI=1S/C47H52FN9O8/c1-64-41-32-6-2-3-7-35(32)55-40(41)47(63)57-37(14-25-10-11-25)45(61)54-31(22-50)17-28-15-29(23-52-43(28)59)33-20-38-27(18-34(33)48)19-39(65-38)46(62)56-36(13-24-8-9-24)44(60)53-30(21-49)16-26-5-4-12-51-42(26)58/h2-3,6-7,18-20,24-26,28-31,36-37,55H,4-5,8-17,23H2,1H3,(H,51,58)(H,52,59)(H,53,60)(H,54,61)(H,56,62)(H,57,63)/t26-,28-,29?,30-,31-,36-,37-/m0/s1. The van der Waals surface area contributed by atoms with E-state index in [1.54, 1.807) is 0 Å². The van der Waals surface area contributed by atoms with Gasteiger partial charge in [0.25, 0.3) is 11.8 Å². The molecule has 2 saturated carbocycles. The van der Waals surface area contributed by atoms with Crippen LogP contribution in [0.2, 0.25) is 0 Å². The number of nitrogens with zero attached hydrogens (tertiary/aromatic N) is 2. The zero-order chi connectivity index (χ0) is 45.8. The Bertz CT molecular complexity index is 2590. The molecule has 7 N–H and O–H groups in total. The summed E-state index contributed by atoms with van der Waals surface area (Å²) < 4.78 is 27.3.